The van der Waals surface area contributed by atoms with Gasteiger partial charge in [0.15, 0.2) is 0 Å². The third kappa shape index (κ3) is 1.75. The molecule has 0 radical (unpaired) electrons. The summed E-state index contributed by atoms with van der Waals surface area (Å²) in [5, 5.41) is 19.3. The van der Waals surface area contributed by atoms with E-state index >= 15 is 0 Å². The lowest BCUT2D eigenvalue weighted by Crippen LogP contribution is -1.88. The van der Waals surface area contributed by atoms with Crippen molar-refractivity contribution in [2.75, 3.05) is 0 Å². The molecule has 0 fully saturated rings. The highest BCUT2D eigenvalue weighted by Gasteiger charge is 2.02. The third-order valence-corrected chi connectivity index (χ3v) is 1.00. The minimum absolute atomic E-state index is 0.240. The van der Waals surface area contributed by atoms with Crippen molar-refractivity contribution in [1.82, 2.24) is 0 Å². The zero-order valence-electron chi connectivity index (χ0n) is 9.42. The van der Waals surface area contributed by atoms with Crippen LogP contribution < -0.4 is 0 Å². The fraction of sp³-hybridized carbons (Fsp3) is 0.143. The third-order valence-electron chi connectivity index (χ3n) is 1.00. The summed E-state index contributed by atoms with van der Waals surface area (Å²) < 4.78 is 29.2. The zero-order chi connectivity index (χ0) is 11.7. The van der Waals surface area contributed by atoms with Crippen LogP contribution in [-0.2, 0) is 6.61 Å². The van der Waals surface area contributed by atoms with E-state index in [0.717, 1.165) is 0 Å². The Morgan fingerprint density at radius 2 is 2.09 bits per heavy atom. The Kier molecular flexibility index (Phi) is 1.08. The molecule has 0 saturated carbocycles. The van der Waals surface area contributed by atoms with Crippen molar-refractivity contribution < 1.29 is 15.5 Å². The van der Waals surface area contributed by atoms with Crippen molar-refractivity contribution in [3.8, 4) is 0 Å². The van der Waals surface area contributed by atoms with Crippen LogP contribution in [0.25, 0.3) is 0 Å². The predicted molar refractivity (Wildman–Crippen MR) is 39.0 cm³/mol. The van der Waals surface area contributed by atoms with Crippen molar-refractivity contribution in [2.24, 2.45) is 0 Å². The fourth-order valence-corrected chi connectivity index (χ4v) is 0.502. The largest absolute Gasteiger partial charge is 0.392 e. The van der Waals surface area contributed by atoms with Gasteiger partial charge in [-0.2, -0.15) is 0 Å². The van der Waals surface area contributed by atoms with Crippen molar-refractivity contribution in [3.05, 3.63) is 39.8 Å². The first-order valence-electron chi connectivity index (χ1n) is 4.76. The number of aliphatic hydroxyl groups excluding tert-OH is 1. The molecular weight excluding hydrogens is 146 g/mol. The number of hydrogen-bond acceptors (Lipinski definition) is 3. The topological polar surface area (TPSA) is 63.4 Å². The molecule has 4 heteroatoms. The molecule has 1 rings (SSSR count). The van der Waals surface area contributed by atoms with E-state index < -0.39 is 41.4 Å². The van der Waals surface area contributed by atoms with Gasteiger partial charge in [0.25, 0.3) is 5.69 Å². The molecular formula is C7H7NO3. The monoisotopic (exact) mass is 157 g/mol. The van der Waals surface area contributed by atoms with Gasteiger partial charge in [-0.25, -0.2) is 0 Å². The van der Waals surface area contributed by atoms with Crippen LogP contribution in [0.1, 0.15) is 11.0 Å². The number of aliphatic hydroxyl groups is 1. The van der Waals surface area contributed by atoms with Gasteiger partial charge in [-0.05, 0) is 17.6 Å². The smallest absolute Gasteiger partial charge is 0.269 e. The van der Waals surface area contributed by atoms with Crippen LogP contribution >= 0.6 is 0 Å². The second-order valence-corrected chi connectivity index (χ2v) is 1.74. The molecule has 0 heterocycles. The van der Waals surface area contributed by atoms with Gasteiger partial charge in [-0.15, -0.1) is 0 Å². The van der Waals surface area contributed by atoms with Crippen LogP contribution in [0.2, 0.25) is 0 Å². The van der Waals surface area contributed by atoms with Crippen LogP contribution in [0.5, 0.6) is 0 Å². The minimum atomic E-state index is -0.970. The van der Waals surface area contributed by atoms with Crippen LogP contribution in [-0.4, -0.2) is 10.0 Å². The number of nitro benzene ring substituents is 1. The molecule has 0 bridgehead atoms. The molecule has 0 amide bonds. The summed E-state index contributed by atoms with van der Waals surface area (Å²) in [6.45, 7) is -0.687. The number of benzene rings is 1. The fourth-order valence-electron chi connectivity index (χ4n) is 0.502. The maximum Gasteiger partial charge on any atom is 0.269 e. The first-order valence-corrected chi connectivity index (χ1v) is 2.76. The number of nitro groups is 1. The molecule has 1 N–H and O–H groups in total. The molecule has 4 nitrogen and oxygen atoms in total. The van der Waals surface area contributed by atoms with E-state index in [1.54, 1.807) is 0 Å². The summed E-state index contributed by atoms with van der Waals surface area (Å²) in [5.74, 6) is 0. The van der Waals surface area contributed by atoms with Crippen LogP contribution in [0.3, 0.4) is 0 Å². The van der Waals surface area contributed by atoms with E-state index in [4.69, 9.17) is 10.6 Å². The van der Waals surface area contributed by atoms with Gasteiger partial charge in [-0.1, -0.05) is 0 Å². The van der Waals surface area contributed by atoms with Gasteiger partial charge >= 0.3 is 0 Å². The highest BCUT2D eigenvalue weighted by atomic mass is 16.6. The quantitative estimate of drug-likeness (QED) is 0.516. The van der Waals surface area contributed by atoms with Crippen molar-refractivity contribution >= 4 is 5.69 Å². The lowest BCUT2D eigenvalue weighted by atomic mass is 10.2. The Hall–Kier alpha value is -1.42. The van der Waals surface area contributed by atoms with Gasteiger partial charge < -0.3 is 5.11 Å². The normalized spacial score (nSPS) is 14.6. The number of hydrogen-bond donors (Lipinski definition) is 1. The number of rotatable bonds is 2. The molecule has 0 aliphatic heterocycles. The summed E-state index contributed by atoms with van der Waals surface area (Å²) in [6, 6.07) is -2.65. The van der Waals surface area contributed by atoms with E-state index in [0.29, 0.717) is 0 Å². The second kappa shape index (κ2) is 3.12. The van der Waals surface area contributed by atoms with E-state index in [2.05, 4.69) is 0 Å². The maximum atomic E-state index is 10.5. The Bertz CT molecular complexity index is 406. The molecule has 58 valence electrons. The molecule has 0 aliphatic carbocycles. The molecule has 0 saturated heterocycles. The molecule has 0 aliphatic rings. The van der Waals surface area contributed by atoms with Crippen molar-refractivity contribution in [2.45, 2.75) is 6.61 Å². The molecule has 0 spiro atoms. The molecule has 0 unspecified atom stereocenters. The average molecular weight is 157 g/mol. The van der Waals surface area contributed by atoms with Crippen LogP contribution in [0.15, 0.2) is 24.2 Å². The molecule has 1 aromatic carbocycles. The SMILES string of the molecule is [2H]c1c([2H])c([N+](=O)[O-])c([2H])c([2H])c1CO. The molecule has 0 aromatic heterocycles. The maximum absolute atomic E-state index is 10.5. The standard InChI is InChI=1S/C7H7NO3/c9-5-6-1-3-7(4-2-6)8(10)11/h1-4,9H,5H2/i1D,2D,3D,4D. The summed E-state index contributed by atoms with van der Waals surface area (Å²) in [7, 11) is 0. The highest BCUT2D eigenvalue weighted by molar-refractivity contribution is 5.32. The molecule has 11 heavy (non-hydrogen) atoms. The van der Waals surface area contributed by atoms with Crippen molar-refractivity contribution in [3.63, 3.8) is 0 Å². The van der Waals surface area contributed by atoms with Gasteiger partial charge in [0.1, 0.15) is 0 Å². The van der Waals surface area contributed by atoms with Crippen molar-refractivity contribution in [1.29, 1.82) is 0 Å². The Balaban J connectivity index is 3.66. The lowest BCUT2D eigenvalue weighted by molar-refractivity contribution is -0.384. The summed E-state index contributed by atoms with van der Waals surface area (Å²) in [6.07, 6.45) is 0. The van der Waals surface area contributed by atoms with E-state index in [9.17, 15) is 10.1 Å². The van der Waals surface area contributed by atoms with Crippen LogP contribution in [0.4, 0.5) is 5.69 Å². The Morgan fingerprint density at radius 1 is 1.55 bits per heavy atom. The molecule has 0 atom stereocenters. The average Bonchev–Trinajstić information content (AvgIpc) is 2.16. The summed E-state index contributed by atoms with van der Waals surface area (Å²) >= 11 is 0. The Morgan fingerprint density at radius 3 is 2.45 bits per heavy atom. The first kappa shape index (κ1) is 3.82. The van der Waals surface area contributed by atoms with E-state index in [1.165, 1.54) is 0 Å². The molecule has 1 aromatic rings. The lowest BCUT2D eigenvalue weighted by Gasteiger charge is -1.93. The van der Waals surface area contributed by atoms with Gasteiger partial charge in [0.2, 0.25) is 0 Å². The minimum Gasteiger partial charge on any atom is -0.392 e. The van der Waals surface area contributed by atoms with E-state index in [1.807, 2.05) is 0 Å². The van der Waals surface area contributed by atoms with Gasteiger partial charge in [-0.3, -0.25) is 10.1 Å². The summed E-state index contributed by atoms with van der Waals surface area (Å²) in [5.41, 5.74) is -1.11. The summed E-state index contributed by atoms with van der Waals surface area (Å²) in [4.78, 5) is 9.51. The van der Waals surface area contributed by atoms with E-state index in [-0.39, 0.29) is 5.56 Å². The van der Waals surface area contributed by atoms with Gasteiger partial charge in [0.05, 0.1) is 17.0 Å². The second-order valence-electron chi connectivity index (χ2n) is 1.74. The van der Waals surface area contributed by atoms with Crippen LogP contribution in [0, 0.1) is 10.1 Å². The first-order chi connectivity index (χ1) is 6.91. The zero-order valence-corrected chi connectivity index (χ0v) is 5.42. The highest BCUT2D eigenvalue weighted by Crippen LogP contribution is 2.11. The Labute approximate surface area is 68.9 Å². The predicted octanol–water partition coefficient (Wildman–Crippen LogP) is 1.09. The van der Waals surface area contributed by atoms with Gasteiger partial charge in [0, 0.05) is 12.1 Å². The number of nitrogens with zero attached hydrogens (tertiary/aromatic N) is 1.